The lowest BCUT2D eigenvalue weighted by Gasteiger charge is -2.18. The molecular formula is C25H23N3O6. The molecule has 2 aromatic carbocycles. The van der Waals surface area contributed by atoms with Crippen LogP contribution in [-0.2, 0) is 20.9 Å². The number of aliphatic carboxylic acids is 1. The Morgan fingerprint density at radius 2 is 1.62 bits per heavy atom. The van der Waals surface area contributed by atoms with Gasteiger partial charge in [0.05, 0.1) is 6.42 Å². The molecule has 2 amide bonds. The van der Waals surface area contributed by atoms with Gasteiger partial charge in [0.1, 0.15) is 12.6 Å². The summed E-state index contributed by atoms with van der Waals surface area (Å²) in [4.78, 5) is 50.5. The summed E-state index contributed by atoms with van der Waals surface area (Å²) in [5.74, 6) is -2.18. The first kappa shape index (κ1) is 22.8. The molecule has 1 unspecified atom stereocenters. The molecule has 0 spiro atoms. The summed E-state index contributed by atoms with van der Waals surface area (Å²) in [6.07, 6.45) is -0.0818. The molecule has 3 aromatic rings. The molecule has 1 atom stereocenters. The Morgan fingerprint density at radius 1 is 0.971 bits per heavy atom. The molecule has 9 nitrogen and oxygen atoms in total. The molecule has 0 fully saturated rings. The van der Waals surface area contributed by atoms with E-state index < -0.39 is 30.4 Å². The van der Waals surface area contributed by atoms with Gasteiger partial charge in [-0.3, -0.25) is 14.4 Å². The number of carbonyl (C=O) groups is 3. The Morgan fingerprint density at radius 3 is 2.24 bits per heavy atom. The molecule has 0 bridgehead atoms. The van der Waals surface area contributed by atoms with Crippen LogP contribution in [0.2, 0.25) is 0 Å². The fourth-order valence-corrected chi connectivity index (χ4v) is 4.07. The highest BCUT2D eigenvalue weighted by Crippen LogP contribution is 2.44. The van der Waals surface area contributed by atoms with Gasteiger partial charge in [-0.15, -0.1) is 0 Å². The number of hydrogen-bond acceptors (Lipinski definition) is 5. The van der Waals surface area contributed by atoms with Gasteiger partial charge < -0.3 is 25.5 Å². The topological polar surface area (TPSA) is 138 Å². The first-order chi connectivity index (χ1) is 16.4. The van der Waals surface area contributed by atoms with Crippen molar-refractivity contribution in [1.82, 2.24) is 15.6 Å². The first-order valence-corrected chi connectivity index (χ1v) is 10.7. The van der Waals surface area contributed by atoms with Crippen molar-refractivity contribution in [2.24, 2.45) is 0 Å². The maximum absolute atomic E-state index is 12.5. The monoisotopic (exact) mass is 461 g/mol. The molecule has 0 aliphatic heterocycles. The van der Waals surface area contributed by atoms with E-state index in [1.807, 2.05) is 48.5 Å². The number of alkyl carbamates (subject to hydrolysis) is 1. The van der Waals surface area contributed by atoms with Gasteiger partial charge in [-0.05, 0) is 28.3 Å². The summed E-state index contributed by atoms with van der Waals surface area (Å²) in [6.45, 7) is -0.0852. The fraction of sp³-hybridized carbons (Fsp3) is 0.200. The average Bonchev–Trinajstić information content (AvgIpc) is 3.15. The Kier molecular flexibility index (Phi) is 6.72. The van der Waals surface area contributed by atoms with Gasteiger partial charge in [-0.1, -0.05) is 54.6 Å². The zero-order valence-corrected chi connectivity index (χ0v) is 18.1. The lowest BCUT2D eigenvalue weighted by molar-refractivity contribution is -0.139. The SMILES string of the molecule is O=C(O)CC(NC(=O)OCC1c2ccccc2-c2ccccc21)C(=O)NCc1ccc[nH]c1=O. The zero-order valence-electron chi connectivity index (χ0n) is 18.1. The smallest absolute Gasteiger partial charge is 0.407 e. The summed E-state index contributed by atoms with van der Waals surface area (Å²) in [7, 11) is 0. The van der Waals surface area contributed by atoms with Gasteiger partial charge in [0, 0.05) is 24.2 Å². The molecule has 34 heavy (non-hydrogen) atoms. The van der Waals surface area contributed by atoms with Crippen LogP contribution in [0.3, 0.4) is 0 Å². The van der Waals surface area contributed by atoms with E-state index in [1.54, 1.807) is 6.07 Å². The first-order valence-electron chi connectivity index (χ1n) is 10.7. The number of H-pyrrole nitrogens is 1. The number of carboxylic acids is 1. The molecule has 4 N–H and O–H groups in total. The van der Waals surface area contributed by atoms with E-state index in [1.165, 1.54) is 12.3 Å². The van der Waals surface area contributed by atoms with Crippen LogP contribution in [0.4, 0.5) is 4.79 Å². The molecule has 1 heterocycles. The normalized spacial score (nSPS) is 12.8. The van der Waals surface area contributed by atoms with Crippen LogP contribution in [0.15, 0.2) is 71.7 Å². The van der Waals surface area contributed by atoms with Gasteiger partial charge in [0.15, 0.2) is 0 Å². The van der Waals surface area contributed by atoms with Gasteiger partial charge >= 0.3 is 12.1 Å². The Labute approximate surface area is 194 Å². The predicted molar refractivity (Wildman–Crippen MR) is 123 cm³/mol. The second-order valence-corrected chi connectivity index (χ2v) is 7.86. The summed E-state index contributed by atoms with van der Waals surface area (Å²) >= 11 is 0. The van der Waals surface area contributed by atoms with Gasteiger partial charge in [-0.25, -0.2) is 4.79 Å². The maximum Gasteiger partial charge on any atom is 0.407 e. The molecule has 9 heteroatoms. The van der Waals surface area contributed by atoms with E-state index in [-0.39, 0.29) is 24.6 Å². The number of aromatic nitrogens is 1. The molecule has 0 radical (unpaired) electrons. The third-order valence-electron chi connectivity index (χ3n) is 5.68. The van der Waals surface area contributed by atoms with Crippen LogP contribution in [0.1, 0.15) is 29.0 Å². The zero-order chi connectivity index (χ0) is 24.1. The summed E-state index contributed by atoms with van der Waals surface area (Å²) < 4.78 is 5.41. The lowest BCUT2D eigenvalue weighted by atomic mass is 9.98. The van der Waals surface area contributed by atoms with Crippen molar-refractivity contribution in [2.75, 3.05) is 6.61 Å². The van der Waals surface area contributed by atoms with Crippen LogP contribution in [0.5, 0.6) is 0 Å². The maximum atomic E-state index is 12.5. The van der Waals surface area contributed by atoms with E-state index in [2.05, 4.69) is 15.6 Å². The van der Waals surface area contributed by atoms with Crippen LogP contribution >= 0.6 is 0 Å². The predicted octanol–water partition coefficient (Wildman–Crippen LogP) is 2.37. The number of nitrogens with one attached hydrogen (secondary N) is 3. The Bertz CT molecular complexity index is 1240. The van der Waals surface area contributed by atoms with Gasteiger partial charge in [0.25, 0.3) is 5.56 Å². The number of hydrogen-bond donors (Lipinski definition) is 4. The molecule has 0 saturated heterocycles. The van der Waals surface area contributed by atoms with Crippen molar-refractivity contribution in [2.45, 2.75) is 24.9 Å². The number of fused-ring (bicyclic) bond motifs is 3. The number of amides is 2. The lowest BCUT2D eigenvalue weighted by Crippen LogP contribution is -2.48. The Balaban J connectivity index is 1.40. The standard InChI is InChI=1S/C25H23N3O6/c29-22(30)12-21(24(32)27-13-15-6-5-11-26-23(15)31)28-25(33)34-14-20-18-9-3-1-7-16(18)17-8-2-4-10-19(17)20/h1-11,20-21H,12-14H2,(H,26,31)(H,27,32)(H,28,33)(H,29,30). The number of carboxylic acid groups (broad SMARTS) is 1. The molecule has 1 aliphatic carbocycles. The number of carbonyl (C=O) groups excluding carboxylic acids is 2. The fourth-order valence-electron chi connectivity index (χ4n) is 4.07. The van der Waals surface area contributed by atoms with E-state index in [0.29, 0.717) is 5.56 Å². The molecule has 1 aliphatic rings. The molecule has 174 valence electrons. The number of ether oxygens (including phenoxy) is 1. The summed E-state index contributed by atoms with van der Waals surface area (Å²) in [5, 5.41) is 14.0. The number of benzene rings is 2. The van der Waals surface area contributed by atoms with E-state index in [9.17, 15) is 19.2 Å². The average molecular weight is 461 g/mol. The summed E-state index contributed by atoms with van der Waals surface area (Å²) in [5.41, 5.74) is 4.14. The minimum atomic E-state index is -1.36. The second kappa shape index (κ2) is 10.0. The van der Waals surface area contributed by atoms with Crippen LogP contribution < -0.4 is 16.2 Å². The van der Waals surface area contributed by atoms with Crippen molar-refractivity contribution in [3.63, 3.8) is 0 Å². The molecule has 1 aromatic heterocycles. The van der Waals surface area contributed by atoms with E-state index in [4.69, 9.17) is 9.84 Å². The number of aromatic amines is 1. The highest BCUT2D eigenvalue weighted by Gasteiger charge is 2.30. The van der Waals surface area contributed by atoms with Crippen molar-refractivity contribution >= 4 is 18.0 Å². The van der Waals surface area contributed by atoms with Gasteiger partial charge in [0.2, 0.25) is 5.91 Å². The van der Waals surface area contributed by atoms with Crippen molar-refractivity contribution in [1.29, 1.82) is 0 Å². The van der Waals surface area contributed by atoms with Crippen LogP contribution in [0.25, 0.3) is 11.1 Å². The highest BCUT2D eigenvalue weighted by molar-refractivity contribution is 5.89. The third kappa shape index (κ3) is 4.98. The quantitative estimate of drug-likeness (QED) is 0.406. The minimum Gasteiger partial charge on any atom is -0.481 e. The van der Waals surface area contributed by atoms with Gasteiger partial charge in [-0.2, -0.15) is 0 Å². The second-order valence-electron chi connectivity index (χ2n) is 7.86. The molecule has 4 rings (SSSR count). The van der Waals surface area contributed by atoms with E-state index >= 15 is 0 Å². The largest absolute Gasteiger partial charge is 0.481 e. The highest BCUT2D eigenvalue weighted by atomic mass is 16.5. The minimum absolute atomic E-state index is 0.0284. The number of pyridine rings is 1. The van der Waals surface area contributed by atoms with Crippen LogP contribution in [0, 0.1) is 0 Å². The molecule has 0 saturated carbocycles. The van der Waals surface area contributed by atoms with Crippen molar-refractivity contribution in [3.8, 4) is 11.1 Å². The van der Waals surface area contributed by atoms with Crippen LogP contribution in [-0.4, -0.2) is 40.7 Å². The molecular weight excluding hydrogens is 438 g/mol. The number of rotatable bonds is 8. The Hall–Kier alpha value is -4.40. The van der Waals surface area contributed by atoms with E-state index in [0.717, 1.165) is 22.3 Å². The van der Waals surface area contributed by atoms with Crippen molar-refractivity contribution < 1.29 is 24.2 Å². The third-order valence-corrected chi connectivity index (χ3v) is 5.68. The van der Waals surface area contributed by atoms with Crippen molar-refractivity contribution in [3.05, 3.63) is 93.9 Å². The summed E-state index contributed by atoms with van der Waals surface area (Å²) in [6, 6.07) is 17.5.